The van der Waals surface area contributed by atoms with Gasteiger partial charge in [-0.05, 0) is 36.2 Å². The molecule has 0 fully saturated rings. The quantitative estimate of drug-likeness (QED) is 0.834. The number of pyridine rings is 1. The average Bonchev–Trinajstić information content (AvgIpc) is 2.41. The van der Waals surface area contributed by atoms with Gasteiger partial charge in [0.25, 0.3) is 0 Å². The third-order valence-corrected chi connectivity index (χ3v) is 2.99. The van der Waals surface area contributed by atoms with Crippen molar-refractivity contribution in [2.45, 2.75) is 6.92 Å². The molecule has 0 saturated carbocycles. The molecule has 0 unspecified atom stereocenters. The highest BCUT2D eigenvalue weighted by atomic mass is 16.6. The van der Waals surface area contributed by atoms with Crippen LogP contribution in [0.25, 0.3) is 11.1 Å². The van der Waals surface area contributed by atoms with Crippen molar-refractivity contribution in [3.05, 3.63) is 36.0 Å². The number of nitrogens with two attached hydrogens (primary N) is 1. The minimum atomic E-state index is 0.566. The molecule has 1 aromatic heterocycles. The lowest BCUT2D eigenvalue weighted by Crippen LogP contribution is -2.15. The topological polar surface area (TPSA) is 57.4 Å². The zero-order valence-electron chi connectivity index (χ0n) is 10.1. The normalized spacial score (nSPS) is 13.4. The van der Waals surface area contributed by atoms with Crippen molar-refractivity contribution in [2.75, 3.05) is 18.9 Å². The summed E-state index contributed by atoms with van der Waals surface area (Å²) < 4.78 is 11.1. The van der Waals surface area contributed by atoms with Crippen LogP contribution in [0.15, 0.2) is 30.5 Å². The summed E-state index contributed by atoms with van der Waals surface area (Å²) in [7, 11) is 0. The van der Waals surface area contributed by atoms with E-state index in [9.17, 15) is 0 Å². The maximum absolute atomic E-state index is 5.72. The number of nitrogen functional groups attached to an aromatic ring is 1. The van der Waals surface area contributed by atoms with Crippen LogP contribution in [0.3, 0.4) is 0 Å². The van der Waals surface area contributed by atoms with Crippen LogP contribution in [-0.4, -0.2) is 18.2 Å². The van der Waals surface area contributed by atoms with Crippen LogP contribution in [0.1, 0.15) is 5.56 Å². The number of hydrogen-bond acceptors (Lipinski definition) is 4. The van der Waals surface area contributed by atoms with Gasteiger partial charge in [-0.2, -0.15) is 0 Å². The van der Waals surface area contributed by atoms with Crippen LogP contribution >= 0.6 is 0 Å². The molecule has 4 heteroatoms. The average molecular weight is 242 g/mol. The largest absolute Gasteiger partial charge is 0.486 e. The fraction of sp³-hybridized carbons (Fsp3) is 0.214. The third kappa shape index (κ3) is 1.86. The summed E-state index contributed by atoms with van der Waals surface area (Å²) in [5, 5.41) is 0. The lowest BCUT2D eigenvalue weighted by molar-refractivity contribution is 0.171. The molecular formula is C14H14N2O2. The Kier molecular flexibility index (Phi) is 2.55. The Morgan fingerprint density at radius 2 is 1.83 bits per heavy atom. The highest BCUT2D eigenvalue weighted by molar-refractivity contribution is 5.68. The van der Waals surface area contributed by atoms with Gasteiger partial charge in [0.15, 0.2) is 11.5 Å². The number of aryl methyl sites for hydroxylation is 1. The van der Waals surface area contributed by atoms with Crippen molar-refractivity contribution in [2.24, 2.45) is 0 Å². The number of anilines is 1. The van der Waals surface area contributed by atoms with Crippen LogP contribution in [0.4, 0.5) is 5.82 Å². The Morgan fingerprint density at radius 3 is 2.61 bits per heavy atom. The minimum Gasteiger partial charge on any atom is -0.486 e. The predicted molar refractivity (Wildman–Crippen MR) is 69.8 cm³/mol. The van der Waals surface area contributed by atoms with E-state index in [1.807, 2.05) is 31.2 Å². The van der Waals surface area contributed by atoms with Crippen molar-refractivity contribution >= 4 is 5.82 Å². The highest BCUT2D eigenvalue weighted by Gasteiger charge is 2.12. The number of hydrogen-bond donors (Lipinski definition) is 1. The van der Waals surface area contributed by atoms with E-state index < -0.39 is 0 Å². The van der Waals surface area contributed by atoms with E-state index in [0.29, 0.717) is 19.0 Å². The lowest BCUT2D eigenvalue weighted by Gasteiger charge is -2.19. The summed E-state index contributed by atoms with van der Waals surface area (Å²) in [5.74, 6) is 2.15. The van der Waals surface area contributed by atoms with E-state index in [0.717, 1.165) is 28.2 Å². The summed E-state index contributed by atoms with van der Waals surface area (Å²) in [4.78, 5) is 4.17. The second-order valence-electron chi connectivity index (χ2n) is 4.28. The standard InChI is InChI=1S/C14H14N2O2/c1-9-6-11(8-16-14(9)15)10-2-3-12-13(7-10)18-5-4-17-12/h2-3,6-8H,4-5H2,1H3,(H2,15,16). The molecular weight excluding hydrogens is 228 g/mol. The Morgan fingerprint density at radius 1 is 1.06 bits per heavy atom. The van der Waals surface area contributed by atoms with Gasteiger partial charge in [0.2, 0.25) is 0 Å². The molecule has 1 aliphatic heterocycles. The van der Waals surface area contributed by atoms with Crippen molar-refractivity contribution in [1.29, 1.82) is 0 Å². The molecule has 4 nitrogen and oxygen atoms in total. The molecule has 0 atom stereocenters. The van der Waals surface area contributed by atoms with Crippen LogP contribution < -0.4 is 15.2 Å². The maximum atomic E-state index is 5.72. The van der Waals surface area contributed by atoms with E-state index in [1.54, 1.807) is 6.20 Å². The van der Waals surface area contributed by atoms with Gasteiger partial charge in [0, 0.05) is 11.8 Å². The first-order chi connectivity index (χ1) is 8.74. The van der Waals surface area contributed by atoms with Gasteiger partial charge in [-0.15, -0.1) is 0 Å². The van der Waals surface area contributed by atoms with Crippen LogP contribution in [0, 0.1) is 6.92 Å². The van der Waals surface area contributed by atoms with Gasteiger partial charge in [-0.3, -0.25) is 0 Å². The Balaban J connectivity index is 2.03. The molecule has 0 radical (unpaired) electrons. The number of ether oxygens (including phenoxy) is 2. The molecule has 1 aliphatic rings. The van der Waals surface area contributed by atoms with Gasteiger partial charge in [0.05, 0.1) is 0 Å². The molecule has 2 heterocycles. The van der Waals surface area contributed by atoms with Gasteiger partial charge in [0.1, 0.15) is 19.0 Å². The zero-order valence-corrected chi connectivity index (χ0v) is 10.1. The van der Waals surface area contributed by atoms with E-state index in [-0.39, 0.29) is 0 Å². The molecule has 0 aliphatic carbocycles. The molecule has 2 N–H and O–H groups in total. The molecule has 2 aromatic rings. The van der Waals surface area contributed by atoms with E-state index >= 15 is 0 Å². The SMILES string of the molecule is Cc1cc(-c2ccc3c(c2)OCCO3)cnc1N. The summed E-state index contributed by atoms with van der Waals surface area (Å²) in [5.41, 5.74) is 8.77. The van der Waals surface area contributed by atoms with E-state index in [2.05, 4.69) is 4.98 Å². The maximum Gasteiger partial charge on any atom is 0.161 e. The lowest BCUT2D eigenvalue weighted by atomic mass is 10.1. The highest BCUT2D eigenvalue weighted by Crippen LogP contribution is 2.34. The Labute approximate surface area is 105 Å². The Hall–Kier alpha value is -2.23. The first-order valence-electron chi connectivity index (χ1n) is 5.86. The fourth-order valence-electron chi connectivity index (χ4n) is 1.97. The second-order valence-corrected chi connectivity index (χ2v) is 4.28. The summed E-state index contributed by atoms with van der Waals surface area (Å²) in [6.07, 6.45) is 1.77. The van der Waals surface area contributed by atoms with Crippen LogP contribution in [-0.2, 0) is 0 Å². The number of benzene rings is 1. The van der Waals surface area contributed by atoms with Gasteiger partial charge in [-0.1, -0.05) is 6.07 Å². The number of fused-ring (bicyclic) bond motifs is 1. The van der Waals surface area contributed by atoms with Gasteiger partial charge < -0.3 is 15.2 Å². The van der Waals surface area contributed by atoms with Crippen LogP contribution in [0.2, 0.25) is 0 Å². The number of rotatable bonds is 1. The van der Waals surface area contributed by atoms with E-state index in [4.69, 9.17) is 15.2 Å². The molecule has 0 bridgehead atoms. The molecule has 0 saturated heterocycles. The molecule has 3 rings (SSSR count). The summed E-state index contributed by atoms with van der Waals surface area (Å²) in [6, 6.07) is 7.92. The first-order valence-corrected chi connectivity index (χ1v) is 5.86. The smallest absolute Gasteiger partial charge is 0.161 e. The van der Waals surface area contributed by atoms with E-state index in [1.165, 1.54) is 0 Å². The van der Waals surface area contributed by atoms with Crippen molar-refractivity contribution in [3.63, 3.8) is 0 Å². The van der Waals surface area contributed by atoms with Crippen molar-refractivity contribution in [3.8, 4) is 22.6 Å². The molecule has 0 spiro atoms. The monoisotopic (exact) mass is 242 g/mol. The van der Waals surface area contributed by atoms with Crippen LogP contribution in [0.5, 0.6) is 11.5 Å². The van der Waals surface area contributed by atoms with Crippen molar-refractivity contribution in [1.82, 2.24) is 4.98 Å². The first kappa shape index (κ1) is 10.9. The number of nitrogens with zero attached hydrogens (tertiary/aromatic N) is 1. The minimum absolute atomic E-state index is 0.566. The predicted octanol–water partition coefficient (Wildman–Crippen LogP) is 2.41. The molecule has 0 amide bonds. The summed E-state index contributed by atoms with van der Waals surface area (Å²) in [6.45, 7) is 3.15. The molecule has 18 heavy (non-hydrogen) atoms. The summed E-state index contributed by atoms with van der Waals surface area (Å²) >= 11 is 0. The third-order valence-electron chi connectivity index (χ3n) is 2.99. The zero-order chi connectivity index (χ0) is 12.5. The van der Waals surface area contributed by atoms with Crippen molar-refractivity contribution < 1.29 is 9.47 Å². The fourth-order valence-corrected chi connectivity index (χ4v) is 1.97. The second kappa shape index (κ2) is 4.22. The van der Waals surface area contributed by atoms with Gasteiger partial charge in [-0.25, -0.2) is 4.98 Å². The molecule has 92 valence electrons. The number of aromatic nitrogens is 1. The van der Waals surface area contributed by atoms with Gasteiger partial charge >= 0.3 is 0 Å². The molecule has 1 aromatic carbocycles. The Bertz CT molecular complexity index is 596.